The molecule has 0 aromatic carbocycles. The summed E-state index contributed by atoms with van der Waals surface area (Å²) in [7, 11) is 0. The van der Waals surface area contributed by atoms with Crippen LogP contribution in [-0.2, 0) is 12.7 Å². The minimum Gasteiger partial charge on any atom is -0.477 e. The average molecular weight is 341 g/mol. The van der Waals surface area contributed by atoms with Gasteiger partial charge < -0.3 is 9.15 Å². The molecule has 0 N–H and O–H groups in total. The highest BCUT2D eigenvalue weighted by Crippen LogP contribution is 2.29. The number of alkyl halides is 3. The first-order valence-electron chi connectivity index (χ1n) is 7.77. The summed E-state index contributed by atoms with van der Waals surface area (Å²) in [5, 5.41) is 0. The zero-order valence-corrected chi connectivity index (χ0v) is 13.0. The van der Waals surface area contributed by atoms with Crippen molar-refractivity contribution in [2.75, 3.05) is 19.7 Å². The standard InChI is InChI=1S/C16H18F3N3O2/c17-16(18,19)14-2-1-3-15(21-14)24-9-12-4-6-22(7-5-12)8-13-10-23-11-20-13/h1-3,10-12H,4-9H2. The van der Waals surface area contributed by atoms with E-state index in [9.17, 15) is 13.2 Å². The highest BCUT2D eigenvalue weighted by atomic mass is 19.4. The van der Waals surface area contributed by atoms with Gasteiger partial charge in [0.1, 0.15) is 12.0 Å². The number of likely N-dealkylation sites (tertiary alicyclic amines) is 1. The number of halogens is 3. The van der Waals surface area contributed by atoms with E-state index in [0.717, 1.165) is 44.2 Å². The maximum atomic E-state index is 12.6. The van der Waals surface area contributed by atoms with Crippen molar-refractivity contribution in [1.82, 2.24) is 14.9 Å². The van der Waals surface area contributed by atoms with Crippen LogP contribution >= 0.6 is 0 Å². The number of aromatic nitrogens is 2. The molecule has 8 heteroatoms. The van der Waals surface area contributed by atoms with Gasteiger partial charge in [-0.1, -0.05) is 6.07 Å². The molecule has 0 spiro atoms. The average Bonchev–Trinajstić information content (AvgIpc) is 3.07. The van der Waals surface area contributed by atoms with E-state index in [1.54, 1.807) is 6.26 Å². The molecule has 1 aliphatic heterocycles. The molecule has 2 aromatic heterocycles. The van der Waals surface area contributed by atoms with E-state index in [0.29, 0.717) is 12.5 Å². The van der Waals surface area contributed by atoms with Gasteiger partial charge in [-0.05, 0) is 37.9 Å². The summed E-state index contributed by atoms with van der Waals surface area (Å²) < 4.78 is 48.3. The number of rotatable bonds is 5. The van der Waals surface area contributed by atoms with Crippen LogP contribution < -0.4 is 4.74 Å². The molecule has 5 nitrogen and oxygen atoms in total. The first-order valence-corrected chi connectivity index (χ1v) is 7.77. The Hall–Kier alpha value is -2.09. The molecule has 0 atom stereocenters. The number of piperidine rings is 1. The smallest absolute Gasteiger partial charge is 0.433 e. The Kier molecular flexibility index (Phi) is 5.03. The van der Waals surface area contributed by atoms with Crippen molar-refractivity contribution < 1.29 is 22.3 Å². The van der Waals surface area contributed by atoms with Crippen LogP contribution in [0, 0.1) is 5.92 Å². The summed E-state index contributed by atoms with van der Waals surface area (Å²) in [6, 6.07) is 3.70. The van der Waals surface area contributed by atoms with Crippen LogP contribution in [0.5, 0.6) is 5.88 Å². The van der Waals surface area contributed by atoms with Crippen molar-refractivity contribution in [1.29, 1.82) is 0 Å². The van der Waals surface area contributed by atoms with Crippen LogP contribution in [0.3, 0.4) is 0 Å². The summed E-state index contributed by atoms with van der Waals surface area (Å²) in [6.45, 7) is 2.93. The topological polar surface area (TPSA) is 51.4 Å². The zero-order chi connectivity index (χ0) is 17.0. The quantitative estimate of drug-likeness (QED) is 0.834. The Bertz CT molecular complexity index is 638. The summed E-state index contributed by atoms with van der Waals surface area (Å²) in [6.07, 6.45) is 0.450. The third kappa shape index (κ3) is 4.47. The fourth-order valence-corrected chi connectivity index (χ4v) is 2.71. The number of oxazole rings is 1. The van der Waals surface area contributed by atoms with E-state index < -0.39 is 11.9 Å². The number of pyridine rings is 1. The fraction of sp³-hybridized carbons (Fsp3) is 0.500. The minimum absolute atomic E-state index is 0.0230. The predicted molar refractivity (Wildman–Crippen MR) is 79.2 cm³/mol. The van der Waals surface area contributed by atoms with E-state index in [-0.39, 0.29) is 5.88 Å². The van der Waals surface area contributed by atoms with Gasteiger partial charge in [0.05, 0.1) is 12.3 Å². The highest BCUT2D eigenvalue weighted by molar-refractivity contribution is 5.17. The molecule has 1 fully saturated rings. The molecule has 0 bridgehead atoms. The van der Waals surface area contributed by atoms with Gasteiger partial charge in [-0.15, -0.1) is 0 Å². The molecule has 130 valence electrons. The van der Waals surface area contributed by atoms with Crippen molar-refractivity contribution in [3.8, 4) is 5.88 Å². The summed E-state index contributed by atoms with van der Waals surface area (Å²) in [4.78, 5) is 9.89. The molecule has 1 aliphatic rings. The molecule has 0 aliphatic carbocycles. The van der Waals surface area contributed by atoms with Crippen molar-refractivity contribution in [2.24, 2.45) is 5.92 Å². The Morgan fingerprint density at radius 1 is 1.25 bits per heavy atom. The molecule has 2 aromatic rings. The van der Waals surface area contributed by atoms with E-state index in [4.69, 9.17) is 9.15 Å². The Morgan fingerprint density at radius 3 is 2.71 bits per heavy atom. The van der Waals surface area contributed by atoms with Gasteiger partial charge >= 0.3 is 6.18 Å². The van der Waals surface area contributed by atoms with E-state index >= 15 is 0 Å². The van der Waals surface area contributed by atoms with Crippen molar-refractivity contribution in [3.05, 3.63) is 42.2 Å². The van der Waals surface area contributed by atoms with Crippen LogP contribution in [-0.4, -0.2) is 34.6 Å². The summed E-state index contributed by atoms with van der Waals surface area (Å²) in [5.41, 5.74) is -0.0275. The van der Waals surface area contributed by atoms with E-state index in [2.05, 4.69) is 14.9 Å². The van der Waals surface area contributed by atoms with Gasteiger partial charge in [0.25, 0.3) is 0 Å². The zero-order valence-electron chi connectivity index (χ0n) is 13.0. The van der Waals surface area contributed by atoms with E-state index in [1.165, 1.54) is 18.5 Å². The first-order chi connectivity index (χ1) is 11.5. The molecular weight excluding hydrogens is 323 g/mol. The monoisotopic (exact) mass is 341 g/mol. The first kappa shape index (κ1) is 16.8. The molecule has 3 heterocycles. The highest BCUT2D eigenvalue weighted by Gasteiger charge is 2.32. The van der Waals surface area contributed by atoms with Gasteiger partial charge in [0.15, 0.2) is 6.39 Å². The van der Waals surface area contributed by atoms with Crippen molar-refractivity contribution >= 4 is 0 Å². The normalized spacial score (nSPS) is 17.1. The van der Waals surface area contributed by atoms with Gasteiger partial charge in [-0.25, -0.2) is 9.97 Å². The second kappa shape index (κ2) is 7.21. The lowest BCUT2D eigenvalue weighted by Crippen LogP contribution is -2.35. The molecular formula is C16H18F3N3O2. The van der Waals surface area contributed by atoms with Crippen molar-refractivity contribution in [3.63, 3.8) is 0 Å². The Morgan fingerprint density at radius 2 is 2.04 bits per heavy atom. The lowest BCUT2D eigenvalue weighted by Gasteiger charge is -2.31. The van der Waals surface area contributed by atoms with Crippen LogP contribution in [0.2, 0.25) is 0 Å². The SMILES string of the molecule is FC(F)(F)c1cccc(OCC2CCN(Cc3cocn3)CC2)n1. The lowest BCUT2D eigenvalue weighted by atomic mass is 9.98. The third-order valence-corrected chi connectivity index (χ3v) is 4.06. The number of ether oxygens (including phenoxy) is 1. The fourth-order valence-electron chi connectivity index (χ4n) is 2.71. The van der Waals surface area contributed by atoms with Gasteiger partial charge in [0, 0.05) is 12.6 Å². The van der Waals surface area contributed by atoms with E-state index in [1.807, 2.05) is 0 Å². The van der Waals surface area contributed by atoms with Crippen LogP contribution in [0.15, 0.2) is 35.3 Å². The van der Waals surface area contributed by atoms with Gasteiger partial charge in [-0.2, -0.15) is 13.2 Å². The molecule has 0 amide bonds. The number of hydrogen-bond acceptors (Lipinski definition) is 5. The van der Waals surface area contributed by atoms with Crippen molar-refractivity contribution in [2.45, 2.75) is 25.6 Å². The maximum absolute atomic E-state index is 12.6. The molecule has 0 unspecified atom stereocenters. The third-order valence-electron chi connectivity index (χ3n) is 4.06. The molecule has 3 rings (SSSR count). The van der Waals surface area contributed by atoms with Crippen LogP contribution in [0.1, 0.15) is 24.2 Å². The Labute approximate surface area is 137 Å². The summed E-state index contributed by atoms with van der Waals surface area (Å²) >= 11 is 0. The Balaban J connectivity index is 1.45. The minimum atomic E-state index is -4.45. The molecule has 0 saturated carbocycles. The van der Waals surface area contributed by atoms with Gasteiger partial charge in [0.2, 0.25) is 5.88 Å². The molecule has 1 saturated heterocycles. The molecule has 24 heavy (non-hydrogen) atoms. The number of hydrogen-bond donors (Lipinski definition) is 0. The lowest BCUT2D eigenvalue weighted by molar-refractivity contribution is -0.141. The second-order valence-electron chi connectivity index (χ2n) is 5.87. The second-order valence-corrected chi connectivity index (χ2v) is 5.87. The predicted octanol–water partition coefficient (Wildman–Crippen LogP) is 3.38. The maximum Gasteiger partial charge on any atom is 0.433 e. The summed E-state index contributed by atoms with van der Waals surface area (Å²) in [5.74, 6) is 0.338. The van der Waals surface area contributed by atoms with Crippen LogP contribution in [0.4, 0.5) is 13.2 Å². The largest absolute Gasteiger partial charge is 0.477 e. The number of nitrogens with zero attached hydrogens (tertiary/aromatic N) is 3. The van der Waals surface area contributed by atoms with Gasteiger partial charge in [-0.3, -0.25) is 4.90 Å². The van der Waals surface area contributed by atoms with Crippen LogP contribution in [0.25, 0.3) is 0 Å². The molecule has 0 radical (unpaired) electrons.